The molecule has 4 atom stereocenters. The highest BCUT2D eigenvalue weighted by molar-refractivity contribution is 5.84. The summed E-state index contributed by atoms with van der Waals surface area (Å²) in [4.78, 5) is 23.6. The van der Waals surface area contributed by atoms with Gasteiger partial charge >= 0.3 is 5.97 Å². The van der Waals surface area contributed by atoms with E-state index in [0.29, 0.717) is 18.4 Å². The van der Waals surface area contributed by atoms with Crippen LogP contribution in [0.4, 0.5) is 0 Å². The molecule has 0 aromatic heterocycles. The molecule has 0 aromatic rings. The number of carboxylic acid groups (broad SMARTS) is 1. The summed E-state index contributed by atoms with van der Waals surface area (Å²) < 4.78 is 5.26. The molecule has 19 heavy (non-hydrogen) atoms. The normalized spacial score (nSPS) is 44.5. The van der Waals surface area contributed by atoms with E-state index in [1.54, 1.807) is 6.92 Å². The molecule has 5 heteroatoms. The number of amides is 1. The molecule has 2 saturated carbocycles. The first kappa shape index (κ1) is 12.9. The van der Waals surface area contributed by atoms with Crippen LogP contribution in [-0.4, -0.2) is 36.2 Å². The molecule has 0 bridgehead atoms. The highest BCUT2D eigenvalue weighted by Crippen LogP contribution is 2.55. The highest BCUT2D eigenvalue weighted by Gasteiger charge is 2.56. The standard InChI is InChI=1S/C14H21NO4/c1-14(13(17)18)7-19-6-10(14)15-12(16)11-8-4-2-3-5-9(8)11/h8-11H,2-7H2,1H3,(H,15,16)(H,17,18). The lowest BCUT2D eigenvalue weighted by Crippen LogP contribution is -2.50. The van der Waals surface area contributed by atoms with Gasteiger partial charge < -0.3 is 15.2 Å². The third-order valence-electron chi connectivity index (χ3n) is 5.22. The van der Waals surface area contributed by atoms with Crippen molar-refractivity contribution in [3.8, 4) is 0 Å². The van der Waals surface area contributed by atoms with Crippen LogP contribution in [-0.2, 0) is 14.3 Å². The SMILES string of the molecule is CC1(C(=O)O)COCC1NC(=O)C1C2CCCCC21. The van der Waals surface area contributed by atoms with Crippen LogP contribution in [0, 0.1) is 23.2 Å². The maximum Gasteiger partial charge on any atom is 0.313 e. The molecule has 5 nitrogen and oxygen atoms in total. The zero-order valence-electron chi connectivity index (χ0n) is 11.2. The van der Waals surface area contributed by atoms with E-state index in [1.165, 1.54) is 12.8 Å². The number of rotatable bonds is 3. The smallest absolute Gasteiger partial charge is 0.313 e. The van der Waals surface area contributed by atoms with Crippen molar-refractivity contribution in [2.45, 2.75) is 38.6 Å². The van der Waals surface area contributed by atoms with Crippen LogP contribution in [0.3, 0.4) is 0 Å². The molecule has 1 amide bonds. The van der Waals surface area contributed by atoms with Gasteiger partial charge in [0.25, 0.3) is 0 Å². The van der Waals surface area contributed by atoms with Crippen molar-refractivity contribution in [1.82, 2.24) is 5.32 Å². The van der Waals surface area contributed by atoms with E-state index in [9.17, 15) is 14.7 Å². The van der Waals surface area contributed by atoms with Gasteiger partial charge in [-0.3, -0.25) is 9.59 Å². The molecular formula is C14H21NO4. The Morgan fingerprint density at radius 3 is 2.47 bits per heavy atom. The van der Waals surface area contributed by atoms with Crippen molar-refractivity contribution in [3.05, 3.63) is 0 Å². The number of carboxylic acids is 1. The summed E-state index contributed by atoms with van der Waals surface area (Å²) in [7, 11) is 0. The van der Waals surface area contributed by atoms with E-state index in [1.807, 2.05) is 0 Å². The van der Waals surface area contributed by atoms with E-state index < -0.39 is 17.4 Å². The fraction of sp³-hybridized carbons (Fsp3) is 0.857. The first-order valence-electron chi connectivity index (χ1n) is 7.15. The zero-order valence-corrected chi connectivity index (χ0v) is 11.2. The molecule has 3 fully saturated rings. The van der Waals surface area contributed by atoms with E-state index in [0.717, 1.165) is 12.8 Å². The average Bonchev–Trinajstić information content (AvgIpc) is 3.00. The van der Waals surface area contributed by atoms with Crippen LogP contribution in [0.25, 0.3) is 0 Å². The Morgan fingerprint density at radius 1 is 1.26 bits per heavy atom. The predicted octanol–water partition coefficient (Wildman–Crippen LogP) is 1.03. The Kier molecular flexibility index (Phi) is 3.04. The number of ether oxygens (including phenoxy) is 1. The van der Waals surface area contributed by atoms with Crippen LogP contribution in [0.1, 0.15) is 32.6 Å². The number of carbonyl (C=O) groups excluding carboxylic acids is 1. The molecule has 1 heterocycles. The largest absolute Gasteiger partial charge is 0.481 e. The highest BCUT2D eigenvalue weighted by atomic mass is 16.5. The van der Waals surface area contributed by atoms with Gasteiger partial charge in [0.1, 0.15) is 5.41 Å². The van der Waals surface area contributed by atoms with Crippen LogP contribution < -0.4 is 5.32 Å². The maximum atomic E-state index is 12.3. The molecular weight excluding hydrogens is 246 g/mol. The lowest BCUT2D eigenvalue weighted by Gasteiger charge is -2.25. The van der Waals surface area contributed by atoms with Gasteiger partial charge in [-0.2, -0.15) is 0 Å². The lowest BCUT2D eigenvalue weighted by molar-refractivity contribution is -0.149. The first-order chi connectivity index (χ1) is 9.04. The number of aliphatic carboxylic acids is 1. The monoisotopic (exact) mass is 267 g/mol. The van der Waals surface area contributed by atoms with Crippen LogP contribution in [0.2, 0.25) is 0 Å². The van der Waals surface area contributed by atoms with Gasteiger partial charge in [-0.15, -0.1) is 0 Å². The van der Waals surface area contributed by atoms with Gasteiger partial charge in [-0.25, -0.2) is 0 Å². The summed E-state index contributed by atoms with van der Waals surface area (Å²) in [6.45, 7) is 2.12. The molecule has 3 rings (SSSR count). The number of hydrogen-bond acceptors (Lipinski definition) is 3. The Labute approximate surface area is 112 Å². The van der Waals surface area contributed by atoms with Gasteiger partial charge in [0.2, 0.25) is 5.91 Å². The summed E-state index contributed by atoms with van der Waals surface area (Å²) >= 11 is 0. The Hall–Kier alpha value is -1.10. The molecule has 2 N–H and O–H groups in total. The van der Waals surface area contributed by atoms with Crippen molar-refractivity contribution in [1.29, 1.82) is 0 Å². The zero-order chi connectivity index (χ0) is 13.6. The van der Waals surface area contributed by atoms with Crippen molar-refractivity contribution in [2.24, 2.45) is 23.2 Å². The van der Waals surface area contributed by atoms with Crippen molar-refractivity contribution >= 4 is 11.9 Å². The number of nitrogens with one attached hydrogen (secondary N) is 1. The second kappa shape index (κ2) is 4.47. The molecule has 1 saturated heterocycles. The molecule has 0 radical (unpaired) electrons. The fourth-order valence-corrected chi connectivity index (χ4v) is 3.73. The molecule has 4 unspecified atom stereocenters. The fourth-order valence-electron chi connectivity index (χ4n) is 3.73. The van der Waals surface area contributed by atoms with E-state index >= 15 is 0 Å². The van der Waals surface area contributed by atoms with Crippen LogP contribution in [0.15, 0.2) is 0 Å². The molecule has 106 valence electrons. The second-order valence-corrected chi connectivity index (χ2v) is 6.44. The third-order valence-corrected chi connectivity index (χ3v) is 5.22. The van der Waals surface area contributed by atoms with Crippen molar-refractivity contribution < 1.29 is 19.4 Å². The van der Waals surface area contributed by atoms with Gasteiger partial charge in [0, 0.05) is 5.92 Å². The molecule has 1 aliphatic heterocycles. The van der Waals surface area contributed by atoms with Crippen LogP contribution in [0.5, 0.6) is 0 Å². The summed E-state index contributed by atoms with van der Waals surface area (Å²) in [5.41, 5.74) is -0.990. The molecule has 0 aromatic carbocycles. The minimum absolute atomic E-state index is 0.0416. The van der Waals surface area contributed by atoms with E-state index in [-0.39, 0.29) is 18.4 Å². The quantitative estimate of drug-likeness (QED) is 0.800. The Balaban J connectivity index is 1.62. The maximum absolute atomic E-state index is 12.3. The summed E-state index contributed by atoms with van der Waals surface area (Å²) in [5, 5.41) is 12.2. The minimum atomic E-state index is -0.990. The second-order valence-electron chi connectivity index (χ2n) is 6.44. The van der Waals surface area contributed by atoms with Gasteiger partial charge in [0.05, 0.1) is 19.3 Å². The van der Waals surface area contributed by atoms with Crippen molar-refractivity contribution in [3.63, 3.8) is 0 Å². The predicted molar refractivity (Wildman–Crippen MR) is 67.4 cm³/mol. The molecule has 2 aliphatic carbocycles. The van der Waals surface area contributed by atoms with Gasteiger partial charge in [-0.1, -0.05) is 12.8 Å². The summed E-state index contributed by atoms with van der Waals surface area (Å²) in [6.07, 6.45) is 4.76. The minimum Gasteiger partial charge on any atom is -0.481 e. The van der Waals surface area contributed by atoms with Crippen LogP contribution >= 0.6 is 0 Å². The van der Waals surface area contributed by atoms with Crippen molar-refractivity contribution in [2.75, 3.05) is 13.2 Å². The molecule has 3 aliphatic rings. The number of carbonyl (C=O) groups is 2. The third kappa shape index (κ3) is 2.04. The van der Waals surface area contributed by atoms with Gasteiger partial charge in [0.15, 0.2) is 0 Å². The average molecular weight is 267 g/mol. The topological polar surface area (TPSA) is 75.6 Å². The summed E-state index contributed by atoms with van der Waals surface area (Å²) in [6, 6.07) is -0.403. The number of hydrogen-bond donors (Lipinski definition) is 2. The first-order valence-corrected chi connectivity index (χ1v) is 7.15. The number of fused-ring (bicyclic) bond motifs is 1. The lowest BCUT2D eigenvalue weighted by atomic mass is 9.85. The van der Waals surface area contributed by atoms with E-state index in [2.05, 4.69) is 5.32 Å². The van der Waals surface area contributed by atoms with E-state index in [4.69, 9.17) is 4.74 Å². The van der Waals surface area contributed by atoms with Gasteiger partial charge in [-0.05, 0) is 31.6 Å². The Bertz CT molecular complexity index is 398. The molecule has 0 spiro atoms. The summed E-state index contributed by atoms with van der Waals surface area (Å²) in [5.74, 6) is 0.365. The Morgan fingerprint density at radius 2 is 1.89 bits per heavy atom.